The van der Waals surface area contributed by atoms with Crippen LogP contribution < -0.4 is 10.6 Å². The number of anilines is 1. The van der Waals surface area contributed by atoms with Crippen molar-refractivity contribution in [3.8, 4) is 0 Å². The highest BCUT2D eigenvalue weighted by Crippen LogP contribution is 2.16. The second-order valence-electron chi connectivity index (χ2n) is 6.27. The lowest BCUT2D eigenvalue weighted by atomic mass is 10.2. The summed E-state index contributed by atoms with van der Waals surface area (Å²) >= 11 is 0. The molecule has 0 radical (unpaired) electrons. The fraction of sp³-hybridized carbons (Fsp3) is 0.588. The minimum Gasteiger partial charge on any atom is -0.370 e. The van der Waals surface area contributed by atoms with Gasteiger partial charge in [0.2, 0.25) is 10.0 Å². The highest BCUT2D eigenvalue weighted by molar-refractivity contribution is 7.89. The van der Waals surface area contributed by atoms with Crippen molar-refractivity contribution >= 4 is 21.7 Å². The van der Waals surface area contributed by atoms with Crippen LogP contribution >= 0.6 is 0 Å². The van der Waals surface area contributed by atoms with E-state index in [9.17, 15) is 12.8 Å². The van der Waals surface area contributed by atoms with Crippen LogP contribution in [-0.4, -0.2) is 75.7 Å². The number of aliphatic imine (C=N–C) groups is 1. The molecule has 0 spiro atoms. The number of halogens is 1. The molecule has 0 aliphatic carbocycles. The highest BCUT2D eigenvalue weighted by atomic mass is 32.2. The Morgan fingerprint density at radius 1 is 1.23 bits per heavy atom. The Labute approximate surface area is 155 Å². The second-order valence-corrected chi connectivity index (χ2v) is 8.63. The van der Waals surface area contributed by atoms with E-state index in [2.05, 4.69) is 9.89 Å². The Morgan fingerprint density at radius 2 is 1.85 bits per heavy atom. The number of rotatable bonds is 7. The van der Waals surface area contributed by atoms with E-state index in [-0.39, 0.29) is 11.6 Å². The largest absolute Gasteiger partial charge is 0.370 e. The minimum atomic E-state index is -3.14. The van der Waals surface area contributed by atoms with Crippen LogP contribution in [0.5, 0.6) is 0 Å². The van der Waals surface area contributed by atoms with Gasteiger partial charge in [-0.05, 0) is 37.6 Å². The molecule has 2 rings (SSSR count). The molecule has 0 bridgehead atoms. The van der Waals surface area contributed by atoms with Crippen molar-refractivity contribution in [2.75, 3.05) is 57.0 Å². The molecular weight excluding hydrogens is 357 g/mol. The Bertz CT molecular complexity index is 700. The number of guanidine groups is 1. The summed E-state index contributed by atoms with van der Waals surface area (Å²) in [4.78, 5) is 8.58. The zero-order chi connectivity index (χ0) is 19.2. The maximum atomic E-state index is 13.0. The number of nitrogens with zero attached hydrogens (tertiary/aromatic N) is 4. The van der Waals surface area contributed by atoms with Crippen molar-refractivity contribution in [3.63, 3.8) is 0 Å². The van der Waals surface area contributed by atoms with Gasteiger partial charge < -0.3 is 15.5 Å². The lowest BCUT2D eigenvalue weighted by Crippen LogP contribution is -2.51. The first kappa shape index (κ1) is 20.4. The monoisotopic (exact) mass is 385 g/mol. The standard InChI is InChI=1S/C17H28FN5O2S/c1-3-26(24,25)21(2)10-4-9-20-17(19)23-13-11-22(12-14-23)16-7-5-15(18)6-8-16/h5-8H,3-4,9-14H2,1-2H3,(H2,19,20). The molecule has 0 unspecified atom stereocenters. The van der Waals surface area contributed by atoms with E-state index >= 15 is 0 Å². The van der Waals surface area contributed by atoms with Gasteiger partial charge in [0.1, 0.15) is 5.82 Å². The fourth-order valence-electron chi connectivity index (χ4n) is 2.79. The smallest absolute Gasteiger partial charge is 0.213 e. The summed E-state index contributed by atoms with van der Waals surface area (Å²) in [6, 6.07) is 6.49. The van der Waals surface area contributed by atoms with Gasteiger partial charge in [-0.3, -0.25) is 4.99 Å². The van der Waals surface area contributed by atoms with Crippen molar-refractivity contribution in [1.29, 1.82) is 0 Å². The first-order chi connectivity index (χ1) is 12.3. The zero-order valence-electron chi connectivity index (χ0n) is 15.4. The number of hydrogen-bond donors (Lipinski definition) is 1. The molecule has 2 N–H and O–H groups in total. The van der Waals surface area contributed by atoms with Crippen LogP contribution in [0.1, 0.15) is 13.3 Å². The van der Waals surface area contributed by atoms with E-state index in [0.29, 0.717) is 25.5 Å². The van der Waals surface area contributed by atoms with Crippen LogP contribution in [0.2, 0.25) is 0 Å². The average molecular weight is 386 g/mol. The van der Waals surface area contributed by atoms with Gasteiger partial charge in [0.05, 0.1) is 5.75 Å². The molecule has 9 heteroatoms. The molecule has 146 valence electrons. The molecule has 1 aliphatic rings. The van der Waals surface area contributed by atoms with E-state index in [1.165, 1.54) is 16.4 Å². The molecule has 1 saturated heterocycles. The number of nitrogens with two attached hydrogens (primary N) is 1. The molecule has 1 fully saturated rings. The van der Waals surface area contributed by atoms with Gasteiger partial charge in [-0.25, -0.2) is 17.1 Å². The van der Waals surface area contributed by atoms with Crippen LogP contribution in [0, 0.1) is 5.82 Å². The summed E-state index contributed by atoms with van der Waals surface area (Å²) in [7, 11) is -1.56. The lowest BCUT2D eigenvalue weighted by molar-refractivity contribution is 0.380. The number of sulfonamides is 1. The molecule has 7 nitrogen and oxygen atoms in total. The van der Waals surface area contributed by atoms with Crippen molar-refractivity contribution in [1.82, 2.24) is 9.21 Å². The predicted octanol–water partition coefficient (Wildman–Crippen LogP) is 0.934. The van der Waals surface area contributed by atoms with Crippen molar-refractivity contribution in [2.45, 2.75) is 13.3 Å². The zero-order valence-corrected chi connectivity index (χ0v) is 16.3. The summed E-state index contributed by atoms with van der Waals surface area (Å²) in [5.41, 5.74) is 7.06. The number of hydrogen-bond acceptors (Lipinski definition) is 4. The Kier molecular flexibility index (Phi) is 7.22. The van der Waals surface area contributed by atoms with Crippen LogP contribution in [0.4, 0.5) is 10.1 Å². The van der Waals surface area contributed by atoms with E-state index in [1.54, 1.807) is 26.1 Å². The van der Waals surface area contributed by atoms with Crippen LogP contribution in [0.3, 0.4) is 0 Å². The van der Waals surface area contributed by atoms with Crippen LogP contribution in [-0.2, 0) is 10.0 Å². The summed E-state index contributed by atoms with van der Waals surface area (Å²) in [6.07, 6.45) is 0.631. The van der Waals surface area contributed by atoms with Crippen molar-refractivity contribution in [2.24, 2.45) is 10.7 Å². The van der Waals surface area contributed by atoms with Gasteiger partial charge >= 0.3 is 0 Å². The van der Waals surface area contributed by atoms with E-state index in [1.807, 2.05) is 4.90 Å². The molecule has 0 atom stereocenters. The summed E-state index contributed by atoms with van der Waals surface area (Å²) in [5, 5.41) is 0. The molecule has 1 aromatic rings. The van der Waals surface area contributed by atoms with Gasteiger partial charge in [0, 0.05) is 52.0 Å². The van der Waals surface area contributed by atoms with Crippen molar-refractivity contribution < 1.29 is 12.8 Å². The van der Waals surface area contributed by atoms with Crippen LogP contribution in [0.25, 0.3) is 0 Å². The molecule has 26 heavy (non-hydrogen) atoms. The third-order valence-corrected chi connectivity index (χ3v) is 6.40. The van der Waals surface area contributed by atoms with Gasteiger partial charge in [-0.1, -0.05) is 0 Å². The quantitative estimate of drug-likeness (QED) is 0.429. The predicted molar refractivity (Wildman–Crippen MR) is 103 cm³/mol. The van der Waals surface area contributed by atoms with Gasteiger partial charge in [0.15, 0.2) is 5.96 Å². The third-order valence-electron chi connectivity index (χ3n) is 4.54. The van der Waals surface area contributed by atoms with Crippen molar-refractivity contribution in [3.05, 3.63) is 30.1 Å². The van der Waals surface area contributed by atoms with E-state index in [4.69, 9.17) is 5.73 Å². The Morgan fingerprint density at radius 3 is 2.42 bits per heavy atom. The second kappa shape index (κ2) is 9.18. The molecule has 0 saturated carbocycles. The summed E-state index contributed by atoms with van der Waals surface area (Å²) in [5.74, 6) is 0.360. The Balaban J connectivity index is 1.76. The number of benzene rings is 1. The van der Waals surface area contributed by atoms with Gasteiger partial charge in [0.25, 0.3) is 0 Å². The molecule has 1 aliphatic heterocycles. The molecule has 1 heterocycles. The lowest BCUT2D eigenvalue weighted by Gasteiger charge is -2.36. The topological polar surface area (TPSA) is 82.2 Å². The number of piperazine rings is 1. The first-order valence-corrected chi connectivity index (χ1v) is 10.4. The SMILES string of the molecule is CCS(=O)(=O)N(C)CCCN=C(N)N1CCN(c2ccc(F)cc2)CC1. The normalized spacial score (nSPS) is 16.4. The van der Waals surface area contributed by atoms with Gasteiger partial charge in [-0.2, -0.15) is 0 Å². The molecule has 0 aromatic heterocycles. The Hall–Kier alpha value is -1.87. The summed E-state index contributed by atoms with van der Waals surface area (Å²) < 4.78 is 37.7. The van der Waals surface area contributed by atoms with E-state index in [0.717, 1.165) is 31.9 Å². The molecule has 1 aromatic carbocycles. The maximum absolute atomic E-state index is 13.0. The summed E-state index contributed by atoms with van der Waals surface area (Å²) in [6.45, 7) is 5.64. The molecule has 0 amide bonds. The third kappa shape index (κ3) is 5.57. The highest BCUT2D eigenvalue weighted by Gasteiger charge is 2.18. The average Bonchev–Trinajstić information content (AvgIpc) is 2.65. The van der Waals surface area contributed by atoms with E-state index < -0.39 is 10.0 Å². The minimum absolute atomic E-state index is 0.104. The van der Waals surface area contributed by atoms with Crippen LogP contribution in [0.15, 0.2) is 29.3 Å². The first-order valence-electron chi connectivity index (χ1n) is 8.83. The fourth-order valence-corrected chi connectivity index (χ4v) is 3.64. The molecular formula is C17H28FN5O2S. The van der Waals surface area contributed by atoms with Gasteiger partial charge in [-0.15, -0.1) is 0 Å². The maximum Gasteiger partial charge on any atom is 0.213 e.